The molecule has 2 amide bonds. The molecule has 2 rings (SSSR count). The summed E-state index contributed by atoms with van der Waals surface area (Å²) in [6.45, 7) is 1.75. The molecule has 1 unspecified atom stereocenters. The number of carbonyl (C=O) groups is 2. The third-order valence-corrected chi connectivity index (χ3v) is 2.92. The van der Waals surface area contributed by atoms with Crippen molar-refractivity contribution >= 4 is 33.6 Å². The molecular formula is C10H11BrN4O2. The minimum Gasteiger partial charge on any atom is -0.358 e. The summed E-state index contributed by atoms with van der Waals surface area (Å²) in [4.78, 5) is 32.4. The van der Waals surface area contributed by atoms with E-state index >= 15 is 0 Å². The summed E-state index contributed by atoms with van der Waals surface area (Å²) < 4.78 is 0.637. The first-order valence-corrected chi connectivity index (χ1v) is 5.85. The van der Waals surface area contributed by atoms with Crippen LogP contribution in [-0.4, -0.2) is 39.8 Å². The third-order valence-electron chi connectivity index (χ3n) is 2.51. The van der Waals surface area contributed by atoms with Crippen molar-refractivity contribution in [2.24, 2.45) is 0 Å². The van der Waals surface area contributed by atoms with Crippen LogP contribution < -0.4 is 5.32 Å². The second kappa shape index (κ2) is 4.40. The minimum atomic E-state index is -0.534. The SMILES string of the molecule is Cc1nc(Br)cc(NC2CC(=O)N(C)C2=O)n1. The number of rotatable bonds is 2. The van der Waals surface area contributed by atoms with E-state index in [1.165, 1.54) is 7.05 Å². The lowest BCUT2D eigenvalue weighted by molar-refractivity contribution is -0.136. The van der Waals surface area contributed by atoms with E-state index in [0.717, 1.165) is 4.90 Å². The topological polar surface area (TPSA) is 75.2 Å². The summed E-state index contributed by atoms with van der Waals surface area (Å²) in [5.41, 5.74) is 0. The quantitative estimate of drug-likeness (QED) is 0.643. The maximum Gasteiger partial charge on any atom is 0.251 e. The Morgan fingerprint density at radius 3 is 2.71 bits per heavy atom. The summed E-state index contributed by atoms with van der Waals surface area (Å²) in [6.07, 6.45) is 0.163. The maximum atomic E-state index is 11.7. The predicted molar refractivity (Wildman–Crippen MR) is 64.3 cm³/mol. The molecule has 0 saturated carbocycles. The van der Waals surface area contributed by atoms with Gasteiger partial charge in [-0.15, -0.1) is 0 Å². The van der Waals surface area contributed by atoms with Crippen molar-refractivity contribution in [1.29, 1.82) is 0 Å². The first-order chi connectivity index (χ1) is 7.97. The zero-order valence-corrected chi connectivity index (χ0v) is 11.0. The molecule has 1 aromatic heterocycles. The molecule has 1 fully saturated rings. The van der Waals surface area contributed by atoms with E-state index in [1.54, 1.807) is 13.0 Å². The van der Waals surface area contributed by atoms with Crippen LogP contribution in [0, 0.1) is 6.92 Å². The molecule has 0 radical (unpaired) electrons. The van der Waals surface area contributed by atoms with Crippen LogP contribution in [0.1, 0.15) is 12.2 Å². The van der Waals surface area contributed by atoms with Gasteiger partial charge in [-0.2, -0.15) is 0 Å². The zero-order chi connectivity index (χ0) is 12.6. The van der Waals surface area contributed by atoms with Crippen LogP contribution >= 0.6 is 15.9 Å². The largest absolute Gasteiger partial charge is 0.358 e. The summed E-state index contributed by atoms with van der Waals surface area (Å²) in [6, 6.07) is 1.14. The Balaban J connectivity index is 2.16. The lowest BCUT2D eigenvalue weighted by Crippen LogP contribution is -2.32. The number of anilines is 1. The number of nitrogens with one attached hydrogen (secondary N) is 1. The average Bonchev–Trinajstić information content (AvgIpc) is 2.45. The molecule has 1 aromatic rings. The number of likely N-dealkylation sites (N-methyl/N-ethyl adjacent to an activating group) is 1. The van der Waals surface area contributed by atoms with Gasteiger partial charge in [-0.3, -0.25) is 14.5 Å². The van der Waals surface area contributed by atoms with Crippen molar-refractivity contribution in [3.63, 3.8) is 0 Å². The van der Waals surface area contributed by atoms with Crippen molar-refractivity contribution < 1.29 is 9.59 Å². The molecule has 0 aromatic carbocycles. The molecule has 7 heteroatoms. The number of imide groups is 1. The zero-order valence-electron chi connectivity index (χ0n) is 9.40. The molecule has 1 aliphatic rings. The molecule has 1 aliphatic heterocycles. The second-order valence-corrected chi connectivity index (χ2v) is 4.63. The standard InChI is InChI=1S/C10H11BrN4O2/c1-5-12-7(11)4-8(13-5)14-6-3-9(16)15(2)10(6)17/h4,6H,3H2,1-2H3,(H,12,13,14). The summed E-state index contributed by atoms with van der Waals surface area (Å²) in [5.74, 6) is 0.706. The van der Waals surface area contributed by atoms with Gasteiger partial charge in [0.1, 0.15) is 22.3 Å². The van der Waals surface area contributed by atoms with E-state index in [4.69, 9.17) is 0 Å². The Kier molecular flexibility index (Phi) is 3.10. The Bertz CT molecular complexity index is 471. The summed E-state index contributed by atoms with van der Waals surface area (Å²) >= 11 is 3.25. The number of nitrogens with zero attached hydrogens (tertiary/aromatic N) is 3. The maximum absolute atomic E-state index is 11.7. The smallest absolute Gasteiger partial charge is 0.251 e. The van der Waals surface area contributed by atoms with Crippen LogP contribution in [0.5, 0.6) is 0 Å². The normalized spacial score (nSPS) is 19.9. The van der Waals surface area contributed by atoms with Gasteiger partial charge in [0.05, 0.1) is 6.42 Å². The Morgan fingerprint density at radius 1 is 1.47 bits per heavy atom. The highest BCUT2D eigenvalue weighted by Crippen LogP contribution is 2.18. The van der Waals surface area contributed by atoms with Crippen molar-refractivity contribution in [2.45, 2.75) is 19.4 Å². The fraction of sp³-hybridized carbons (Fsp3) is 0.400. The molecule has 1 atom stereocenters. The molecule has 1 saturated heterocycles. The highest BCUT2D eigenvalue weighted by molar-refractivity contribution is 9.10. The van der Waals surface area contributed by atoms with E-state index in [-0.39, 0.29) is 18.2 Å². The van der Waals surface area contributed by atoms with Gasteiger partial charge >= 0.3 is 0 Å². The van der Waals surface area contributed by atoms with Gasteiger partial charge in [0.15, 0.2) is 0 Å². The Labute approximate surface area is 107 Å². The molecule has 1 N–H and O–H groups in total. The molecule has 0 spiro atoms. The number of aromatic nitrogens is 2. The fourth-order valence-corrected chi connectivity index (χ4v) is 2.13. The van der Waals surface area contributed by atoms with Crippen molar-refractivity contribution in [3.05, 3.63) is 16.5 Å². The van der Waals surface area contributed by atoms with Gasteiger partial charge < -0.3 is 5.32 Å². The highest BCUT2D eigenvalue weighted by atomic mass is 79.9. The van der Waals surface area contributed by atoms with Crippen molar-refractivity contribution in [2.75, 3.05) is 12.4 Å². The lowest BCUT2D eigenvalue weighted by Gasteiger charge is -2.11. The monoisotopic (exact) mass is 298 g/mol. The number of halogens is 1. The Hall–Kier alpha value is -1.50. The first-order valence-electron chi connectivity index (χ1n) is 5.05. The van der Waals surface area contributed by atoms with Crippen LogP contribution in [0.25, 0.3) is 0 Å². The van der Waals surface area contributed by atoms with Gasteiger partial charge in [-0.1, -0.05) is 0 Å². The van der Waals surface area contributed by atoms with Gasteiger partial charge in [0.25, 0.3) is 5.91 Å². The van der Waals surface area contributed by atoms with Crippen LogP contribution in [0.4, 0.5) is 5.82 Å². The molecule has 2 heterocycles. The minimum absolute atomic E-state index is 0.163. The second-order valence-electron chi connectivity index (χ2n) is 3.82. The van der Waals surface area contributed by atoms with Crippen molar-refractivity contribution in [1.82, 2.24) is 14.9 Å². The third kappa shape index (κ3) is 2.44. The predicted octanol–water partition coefficient (Wildman–Crippen LogP) is 0.717. The molecule has 0 aliphatic carbocycles. The van der Waals surface area contributed by atoms with Crippen molar-refractivity contribution in [3.8, 4) is 0 Å². The van der Waals surface area contributed by atoms with E-state index in [1.807, 2.05) is 0 Å². The van der Waals surface area contributed by atoms with E-state index in [9.17, 15) is 9.59 Å². The molecule has 0 bridgehead atoms. The number of likely N-dealkylation sites (tertiary alicyclic amines) is 1. The van der Waals surface area contributed by atoms with Gasteiger partial charge in [0.2, 0.25) is 5.91 Å². The van der Waals surface area contributed by atoms with E-state index in [2.05, 4.69) is 31.2 Å². The van der Waals surface area contributed by atoms with E-state index in [0.29, 0.717) is 16.2 Å². The molecule has 17 heavy (non-hydrogen) atoms. The fourth-order valence-electron chi connectivity index (χ4n) is 1.65. The first kappa shape index (κ1) is 12.0. The highest BCUT2D eigenvalue weighted by Gasteiger charge is 2.36. The summed E-state index contributed by atoms with van der Waals surface area (Å²) in [5, 5.41) is 2.94. The number of hydrogen-bond donors (Lipinski definition) is 1. The van der Waals surface area contributed by atoms with Crippen LogP contribution in [0.2, 0.25) is 0 Å². The van der Waals surface area contributed by atoms with Gasteiger partial charge in [-0.05, 0) is 22.9 Å². The number of carbonyl (C=O) groups excluding carboxylic acids is 2. The molecule has 6 nitrogen and oxygen atoms in total. The van der Waals surface area contributed by atoms with Crippen LogP contribution in [0.15, 0.2) is 10.7 Å². The number of aryl methyl sites for hydroxylation is 1. The number of amides is 2. The summed E-state index contributed by atoms with van der Waals surface area (Å²) in [7, 11) is 1.48. The van der Waals surface area contributed by atoms with Gasteiger partial charge in [-0.25, -0.2) is 9.97 Å². The average molecular weight is 299 g/mol. The van der Waals surface area contributed by atoms with Crippen LogP contribution in [0.3, 0.4) is 0 Å². The Morgan fingerprint density at radius 2 is 2.18 bits per heavy atom. The lowest BCUT2D eigenvalue weighted by atomic mass is 10.2. The van der Waals surface area contributed by atoms with Crippen LogP contribution in [-0.2, 0) is 9.59 Å². The molecule has 90 valence electrons. The number of hydrogen-bond acceptors (Lipinski definition) is 5. The van der Waals surface area contributed by atoms with Gasteiger partial charge in [0, 0.05) is 13.1 Å². The molecular weight excluding hydrogens is 288 g/mol. The van der Waals surface area contributed by atoms with E-state index < -0.39 is 6.04 Å².